The zero-order valence-corrected chi connectivity index (χ0v) is 17.3. The van der Waals surface area contributed by atoms with Gasteiger partial charge in [-0.15, -0.1) is 43.6 Å². The van der Waals surface area contributed by atoms with Gasteiger partial charge in [0.25, 0.3) is 0 Å². The van der Waals surface area contributed by atoms with E-state index in [9.17, 15) is 0 Å². The number of allylic oxidation sites excluding steroid dienone is 4. The summed E-state index contributed by atoms with van der Waals surface area (Å²) in [5, 5.41) is 3.30. The third-order valence-corrected chi connectivity index (χ3v) is 6.68. The van der Waals surface area contributed by atoms with Crippen molar-refractivity contribution < 1.29 is 18.6 Å². The summed E-state index contributed by atoms with van der Waals surface area (Å²) in [7, 11) is -2.23. The molecule has 1 aliphatic carbocycles. The standard InChI is InChI=1S/C11H21Si2.3ClH.V/c1-12(2,3)10-8-7-9-11(10)13(4,5)6;;;;/h8H,7H2,1-6H3;3*1H;/q-1;;;;. The first-order chi connectivity index (χ1) is 5.73. The van der Waals surface area contributed by atoms with E-state index in [4.69, 9.17) is 0 Å². The number of halogens is 3. The zero-order valence-electron chi connectivity index (χ0n) is 11.5. The van der Waals surface area contributed by atoms with E-state index in [2.05, 4.69) is 51.4 Å². The fourth-order valence-corrected chi connectivity index (χ4v) is 7.15. The van der Waals surface area contributed by atoms with Gasteiger partial charge in [0.15, 0.2) is 0 Å². The molecule has 0 spiro atoms. The van der Waals surface area contributed by atoms with Crippen LogP contribution in [0.3, 0.4) is 0 Å². The second-order valence-electron chi connectivity index (χ2n) is 5.87. The monoisotopic (exact) mass is 368 g/mol. The second-order valence-corrected chi connectivity index (χ2v) is 15.9. The molecule has 103 valence electrons. The van der Waals surface area contributed by atoms with Crippen LogP contribution in [-0.2, 0) is 18.6 Å². The third-order valence-electron chi connectivity index (χ3n) is 2.41. The molecule has 1 radical (unpaired) electrons. The van der Waals surface area contributed by atoms with Crippen LogP contribution in [-0.4, -0.2) is 16.1 Å². The molecule has 1 aliphatic rings. The van der Waals surface area contributed by atoms with Crippen LogP contribution in [0.5, 0.6) is 0 Å². The van der Waals surface area contributed by atoms with Gasteiger partial charge < -0.3 is 0 Å². The van der Waals surface area contributed by atoms with Crippen LogP contribution >= 0.6 is 37.2 Å². The molecule has 6 heteroatoms. The van der Waals surface area contributed by atoms with Gasteiger partial charge in [-0.25, -0.2) is 10.4 Å². The number of rotatable bonds is 2. The summed E-state index contributed by atoms with van der Waals surface area (Å²) < 4.78 is 0. The van der Waals surface area contributed by atoms with E-state index in [1.54, 1.807) is 10.4 Å². The molecule has 0 aromatic carbocycles. The molecule has 0 aliphatic heterocycles. The van der Waals surface area contributed by atoms with Crippen LogP contribution < -0.4 is 0 Å². The van der Waals surface area contributed by atoms with Crippen LogP contribution in [0.1, 0.15) is 6.42 Å². The van der Waals surface area contributed by atoms with E-state index < -0.39 is 16.1 Å². The van der Waals surface area contributed by atoms with E-state index in [1.807, 2.05) is 0 Å². The van der Waals surface area contributed by atoms with Crippen molar-refractivity contribution in [1.29, 1.82) is 0 Å². The molecule has 0 aromatic rings. The summed E-state index contributed by atoms with van der Waals surface area (Å²) in [6.45, 7) is 14.6. The fraction of sp³-hybridized carbons (Fsp3) is 0.636. The molecule has 0 unspecified atom stereocenters. The van der Waals surface area contributed by atoms with E-state index >= 15 is 0 Å². The number of hydrogen-bond acceptors (Lipinski definition) is 0. The van der Waals surface area contributed by atoms with Crippen LogP contribution in [0.15, 0.2) is 16.5 Å². The average Bonchev–Trinajstić information content (AvgIpc) is 2.27. The predicted molar refractivity (Wildman–Crippen MR) is 87.9 cm³/mol. The van der Waals surface area contributed by atoms with Gasteiger partial charge in [0, 0.05) is 26.6 Å². The second kappa shape index (κ2) is 9.30. The Kier molecular flexibility index (Phi) is 14.7. The summed E-state index contributed by atoms with van der Waals surface area (Å²) in [5.74, 6) is 0. The Morgan fingerprint density at radius 3 is 1.53 bits per heavy atom. The van der Waals surface area contributed by atoms with E-state index in [-0.39, 0.29) is 55.8 Å². The van der Waals surface area contributed by atoms with Gasteiger partial charge >= 0.3 is 0 Å². The van der Waals surface area contributed by atoms with Crippen molar-refractivity contribution in [3.63, 3.8) is 0 Å². The topological polar surface area (TPSA) is 0 Å². The van der Waals surface area contributed by atoms with Crippen molar-refractivity contribution >= 4 is 53.4 Å². The molecule has 0 atom stereocenters. The maximum atomic E-state index is 3.57. The molecule has 0 fully saturated rings. The molecule has 0 aromatic heterocycles. The molecule has 0 saturated carbocycles. The summed E-state index contributed by atoms with van der Waals surface area (Å²) >= 11 is 0. The Morgan fingerprint density at radius 1 is 0.882 bits per heavy atom. The smallest absolute Gasteiger partial charge is 0.0394 e. The fourth-order valence-electron chi connectivity index (χ4n) is 1.80. The van der Waals surface area contributed by atoms with Gasteiger partial charge in [-0.1, -0.05) is 39.3 Å². The Hall–Kier alpha value is 1.37. The van der Waals surface area contributed by atoms with Crippen LogP contribution in [0.2, 0.25) is 39.3 Å². The largest absolute Gasteiger partial charge is 0.273 e. The molecule has 1 rings (SSSR count). The van der Waals surface area contributed by atoms with E-state index in [0.717, 1.165) is 6.42 Å². The SMILES string of the molecule is C[Si](C)(C)C1=[C-]CC=C1[Si](C)(C)C.Cl.Cl.Cl.[V]. The molecule has 0 saturated heterocycles. The van der Waals surface area contributed by atoms with Crippen molar-refractivity contribution in [3.8, 4) is 0 Å². The Bertz CT molecular complexity index is 247. The quantitative estimate of drug-likeness (QED) is 0.471. The molecule has 17 heavy (non-hydrogen) atoms. The van der Waals surface area contributed by atoms with Crippen LogP contribution in [0.25, 0.3) is 0 Å². The molecular formula is C11H24Cl3Si2V-. The maximum Gasteiger partial charge on any atom is 0.0394 e. The van der Waals surface area contributed by atoms with Crippen LogP contribution in [0, 0.1) is 6.08 Å². The molecular weight excluding hydrogens is 346 g/mol. The van der Waals surface area contributed by atoms with Crippen molar-refractivity contribution in [3.05, 3.63) is 22.5 Å². The van der Waals surface area contributed by atoms with Gasteiger partial charge in [0.1, 0.15) is 0 Å². The minimum atomic E-state index is -1.13. The molecule has 0 N–H and O–H groups in total. The average molecular weight is 370 g/mol. The van der Waals surface area contributed by atoms with Gasteiger partial charge in [-0.3, -0.25) is 6.08 Å². The van der Waals surface area contributed by atoms with Crippen molar-refractivity contribution in [2.24, 2.45) is 0 Å². The van der Waals surface area contributed by atoms with E-state index in [0.29, 0.717) is 0 Å². The van der Waals surface area contributed by atoms with Gasteiger partial charge in [0.2, 0.25) is 0 Å². The Labute approximate surface area is 139 Å². The molecule has 0 bridgehead atoms. The first-order valence-corrected chi connectivity index (χ1v) is 12.1. The van der Waals surface area contributed by atoms with Crippen molar-refractivity contribution in [2.45, 2.75) is 45.7 Å². The molecule has 0 amide bonds. The molecule has 0 heterocycles. The zero-order chi connectivity index (χ0) is 10.3. The van der Waals surface area contributed by atoms with E-state index in [1.165, 1.54) is 0 Å². The maximum absolute atomic E-state index is 3.57. The summed E-state index contributed by atoms with van der Waals surface area (Å²) in [5.41, 5.74) is 0. The summed E-state index contributed by atoms with van der Waals surface area (Å²) in [6, 6.07) is 0. The van der Waals surface area contributed by atoms with Crippen molar-refractivity contribution in [1.82, 2.24) is 0 Å². The molecule has 0 nitrogen and oxygen atoms in total. The summed E-state index contributed by atoms with van der Waals surface area (Å²) in [6.07, 6.45) is 7.06. The third kappa shape index (κ3) is 7.51. The predicted octanol–water partition coefficient (Wildman–Crippen LogP) is 5.06. The van der Waals surface area contributed by atoms with Gasteiger partial charge in [0.05, 0.1) is 0 Å². The van der Waals surface area contributed by atoms with Gasteiger partial charge in [-0.05, 0) is 8.07 Å². The Balaban J connectivity index is -0.000000211. The first-order valence-electron chi connectivity index (χ1n) is 5.05. The Morgan fingerprint density at radius 2 is 1.29 bits per heavy atom. The minimum absolute atomic E-state index is 0. The minimum Gasteiger partial charge on any atom is -0.273 e. The van der Waals surface area contributed by atoms with Gasteiger partial charge in [-0.2, -0.15) is 6.08 Å². The van der Waals surface area contributed by atoms with Crippen molar-refractivity contribution in [2.75, 3.05) is 0 Å². The normalized spacial score (nSPS) is 14.2. The first kappa shape index (κ1) is 26.8. The number of hydrogen-bond donors (Lipinski definition) is 0. The summed E-state index contributed by atoms with van der Waals surface area (Å²) in [4.78, 5) is 0. The van der Waals surface area contributed by atoms with Crippen LogP contribution in [0.4, 0.5) is 0 Å².